The maximum absolute atomic E-state index is 13.0. The van der Waals surface area contributed by atoms with E-state index in [0.717, 1.165) is 31.0 Å². The molecule has 1 aromatic carbocycles. The number of hydrogen-bond donors (Lipinski definition) is 1. The van der Waals surface area contributed by atoms with Gasteiger partial charge >= 0.3 is 0 Å². The smallest absolute Gasteiger partial charge is 0.123 e. The molecule has 1 aliphatic heterocycles. The summed E-state index contributed by atoms with van der Waals surface area (Å²) < 4.78 is 20.4. The first-order valence-electron chi connectivity index (χ1n) is 7.09. The molecule has 1 fully saturated rings. The van der Waals surface area contributed by atoms with Crippen LogP contribution < -0.4 is 5.73 Å². The zero-order chi connectivity index (χ0) is 14.7. The molecule has 0 radical (unpaired) electrons. The van der Waals surface area contributed by atoms with E-state index in [2.05, 4.69) is 10.00 Å². The molecule has 2 heterocycles. The molecule has 6 heteroatoms. The number of ether oxygens (including phenoxy) is 1. The standard InChI is InChI=1S/C15H19FN4O/c16-12-1-3-13(4-2-12)20-14(5-6-18-20)10-19-7-8-21-15(9-17)11-19/h1-6,15H,7-11,17H2. The number of morpholine rings is 1. The summed E-state index contributed by atoms with van der Waals surface area (Å²) in [6.07, 6.45) is 1.86. The second-order valence-electron chi connectivity index (χ2n) is 5.17. The van der Waals surface area contributed by atoms with Crippen molar-refractivity contribution in [1.82, 2.24) is 14.7 Å². The molecular weight excluding hydrogens is 271 g/mol. The number of halogens is 1. The van der Waals surface area contributed by atoms with Crippen LogP contribution in [0, 0.1) is 5.82 Å². The Kier molecular flexibility index (Phi) is 4.28. The average Bonchev–Trinajstić information content (AvgIpc) is 2.96. The van der Waals surface area contributed by atoms with Crippen LogP contribution in [0.5, 0.6) is 0 Å². The molecule has 5 nitrogen and oxygen atoms in total. The molecule has 1 atom stereocenters. The van der Waals surface area contributed by atoms with E-state index >= 15 is 0 Å². The molecular formula is C15H19FN4O. The predicted octanol–water partition coefficient (Wildman–Crippen LogP) is 1.17. The summed E-state index contributed by atoms with van der Waals surface area (Å²) in [5, 5.41) is 4.33. The van der Waals surface area contributed by atoms with Gasteiger partial charge in [0.1, 0.15) is 5.82 Å². The normalized spacial score (nSPS) is 19.8. The Hall–Kier alpha value is -1.76. The molecule has 0 bridgehead atoms. The van der Waals surface area contributed by atoms with Crippen molar-refractivity contribution < 1.29 is 9.13 Å². The van der Waals surface area contributed by atoms with Crippen molar-refractivity contribution in [1.29, 1.82) is 0 Å². The summed E-state index contributed by atoms with van der Waals surface area (Å²) in [4.78, 5) is 2.30. The second-order valence-corrected chi connectivity index (χ2v) is 5.17. The van der Waals surface area contributed by atoms with Gasteiger partial charge in [-0.15, -0.1) is 0 Å². The van der Waals surface area contributed by atoms with E-state index < -0.39 is 0 Å². The third-order valence-corrected chi connectivity index (χ3v) is 3.66. The summed E-state index contributed by atoms with van der Waals surface area (Å²) in [6.45, 7) is 3.72. The van der Waals surface area contributed by atoms with Gasteiger partial charge in [-0.1, -0.05) is 0 Å². The highest BCUT2D eigenvalue weighted by atomic mass is 19.1. The van der Waals surface area contributed by atoms with Gasteiger partial charge in [0, 0.05) is 32.4 Å². The topological polar surface area (TPSA) is 56.3 Å². The number of nitrogens with two attached hydrogens (primary N) is 1. The fraction of sp³-hybridized carbons (Fsp3) is 0.400. The molecule has 1 aromatic heterocycles. The van der Waals surface area contributed by atoms with E-state index in [9.17, 15) is 4.39 Å². The molecule has 3 rings (SSSR count). The van der Waals surface area contributed by atoms with Crippen molar-refractivity contribution in [3.8, 4) is 5.69 Å². The fourth-order valence-corrected chi connectivity index (χ4v) is 2.56. The van der Waals surface area contributed by atoms with Crippen LogP contribution >= 0.6 is 0 Å². The molecule has 2 aromatic rings. The Morgan fingerprint density at radius 2 is 2.10 bits per heavy atom. The average molecular weight is 290 g/mol. The number of rotatable bonds is 4. The van der Waals surface area contributed by atoms with Gasteiger partial charge in [0.05, 0.1) is 24.1 Å². The second kappa shape index (κ2) is 6.34. The quantitative estimate of drug-likeness (QED) is 0.918. The summed E-state index contributed by atoms with van der Waals surface area (Å²) >= 11 is 0. The van der Waals surface area contributed by atoms with E-state index in [1.165, 1.54) is 12.1 Å². The lowest BCUT2D eigenvalue weighted by atomic mass is 10.2. The van der Waals surface area contributed by atoms with Gasteiger partial charge in [-0.3, -0.25) is 4.90 Å². The Balaban J connectivity index is 1.75. The number of nitrogens with zero attached hydrogens (tertiary/aromatic N) is 3. The van der Waals surface area contributed by atoms with Gasteiger partial charge in [0.25, 0.3) is 0 Å². The predicted molar refractivity (Wildman–Crippen MR) is 77.6 cm³/mol. The molecule has 1 unspecified atom stereocenters. The number of benzene rings is 1. The van der Waals surface area contributed by atoms with Crippen molar-refractivity contribution >= 4 is 0 Å². The lowest BCUT2D eigenvalue weighted by Gasteiger charge is -2.32. The molecule has 21 heavy (non-hydrogen) atoms. The van der Waals surface area contributed by atoms with Crippen LogP contribution in [0.4, 0.5) is 4.39 Å². The monoisotopic (exact) mass is 290 g/mol. The van der Waals surface area contributed by atoms with Gasteiger partial charge in [0.15, 0.2) is 0 Å². The molecule has 1 aliphatic rings. The molecule has 1 saturated heterocycles. The molecule has 2 N–H and O–H groups in total. The van der Waals surface area contributed by atoms with Crippen LogP contribution in [0.1, 0.15) is 5.69 Å². The minimum Gasteiger partial charge on any atom is -0.374 e. The maximum atomic E-state index is 13.0. The fourth-order valence-electron chi connectivity index (χ4n) is 2.56. The van der Waals surface area contributed by atoms with Crippen LogP contribution in [0.25, 0.3) is 5.69 Å². The van der Waals surface area contributed by atoms with Gasteiger partial charge in [-0.2, -0.15) is 5.10 Å². The summed E-state index contributed by atoms with van der Waals surface area (Å²) in [6, 6.07) is 8.33. The van der Waals surface area contributed by atoms with Crippen LogP contribution in [0.2, 0.25) is 0 Å². The minimum absolute atomic E-state index is 0.0981. The summed E-state index contributed by atoms with van der Waals surface area (Å²) in [5.74, 6) is -0.244. The molecule has 0 amide bonds. The van der Waals surface area contributed by atoms with Crippen molar-refractivity contribution in [2.45, 2.75) is 12.6 Å². The molecule has 0 spiro atoms. The van der Waals surface area contributed by atoms with Crippen LogP contribution in [0.15, 0.2) is 36.5 Å². The van der Waals surface area contributed by atoms with Gasteiger partial charge < -0.3 is 10.5 Å². The number of hydrogen-bond acceptors (Lipinski definition) is 4. The van der Waals surface area contributed by atoms with Crippen LogP contribution in [-0.4, -0.2) is 47.0 Å². The Morgan fingerprint density at radius 3 is 2.86 bits per heavy atom. The molecule has 0 aliphatic carbocycles. The van der Waals surface area contributed by atoms with Crippen molar-refractivity contribution in [2.75, 3.05) is 26.2 Å². The van der Waals surface area contributed by atoms with E-state index in [4.69, 9.17) is 10.5 Å². The van der Waals surface area contributed by atoms with E-state index in [-0.39, 0.29) is 11.9 Å². The Morgan fingerprint density at radius 1 is 1.29 bits per heavy atom. The third-order valence-electron chi connectivity index (χ3n) is 3.66. The van der Waals surface area contributed by atoms with E-state index in [1.807, 2.05) is 10.7 Å². The zero-order valence-corrected chi connectivity index (χ0v) is 11.8. The van der Waals surface area contributed by atoms with Gasteiger partial charge in [-0.25, -0.2) is 9.07 Å². The summed E-state index contributed by atoms with van der Waals surface area (Å²) in [7, 11) is 0. The lowest BCUT2D eigenvalue weighted by Crippen LogP contribution is -2.45. The number of aromatic nitrogens is 2. The molecule has 112 valence electrons. The van der Waals surface area contributed by atoms with Crippen LogP contribution in [0.3, 0.4) is 0 Å². The highest BCUT2D eigenvalue weighted by Gasteiger charge is 2.20. The summed E-state index contributed by atoms with van der Waals surface area (Å²) in [5.41, 5.74) is 7.60. The SMILES string of the molecule is NCC1CN(Cc2ccnn2-c2ccc(F)cc2)CCO1. The van der Waals surface area contributed by atoms with Gasteiger partial charge in [0.2, 0.25) is 0 Å². The van der Waals surface area contributed by atoms with Gasteiger partial charge in [-0.05, 0) is 30.3 Å². The van der Waals surface area contributed by atoms with E-state index in [0.29, 0.717) is 13.2 Å². The maximum Gasteiger partial charge on any atom is 0.123 e. The van der Waals surface area contributed by atoms with Crippen LogP contribution in [-0.2, 0) is 11.3 Å². The Bertz CT molecular complexity index is 584. The largest absolute Gasteiger partial charge is 0.374 e. The lowest BCUT2D eigenvalue weighted by molar-refractivity contribution is -0.0266. The first-order valence-corrected chi connectivity index (χ1v) is 7.09. The first-order chi connectivity index (χ1) is 10.3. The van der Waals surface area contributed by atoms with Crippen molar-refractivity contribution in [2.24, 2.45) is 5.73 Å². The van der Waals surface area contributed by atoms with Crippen molar-refractivity contribution in [3.05, 3.63) is 48.0 Å². The van der Waals surface area contributed by atoms with Crippen molar-refractivity contribution in [3.63, 3.8) is 0 Å². The third kappa shape index (κ3) is 3.29. The zero-order valence-electron chi connectivity index (χ0n) is 11.8. The molecule has 0 saturated carbocycles. The van der Waals surface area contributed by atoms with E-state index in [1.54, 1.807) is 18.3 Å². The Labute approximate surface area is 123 Å². The minimum atomic E-state index is -0.244. The first kappa shape index (κ1) is 14.2. The highest BCUT2D eigenvalue weighted by Crippen LogP contribution is 2.15. The highest BCUT2D eigenvalue weighted by molar-refractivity contribution is 5.32.